The van der Waals surface area contributed by atoms with Crippen molar-refractivity contribution in [2.24, 2.45) is 0 Å². The molecule has 29 heavy (non-hydrogen) atoms. The molecule has 0 fully saturated rings. The lowest BCUT2D eigenvalue weighted by Gasteiger charge is -2.27. The lowest BCUT2D eigenvalue weighted by molar-refractivity contribution is 0.0737. The second kappa shape index (κ2) is 8.38. The third-order valence-corrected chi connectivity index (χ3v) is 6.24. The predicted octanol–water partition coefficient (Wildman–Crippen LogP) is 4.44. The predicted molar refractivity (Wildman–Crippen MR) is 114 cm³/mol. The van der Waals surface area contributed by atoms with E-state index in [1.807, 2.05) is 59.5 Å². The van der Waals surface area contributed by atoms with Crippen LogP contribution < -0.4 is 10.1 Å². The van der Waals surface area contributed by atoms with Crippen molar-refractivity contribution in [2.75, 3.05) is 19.0 Å². The molecule has 5 nitrogen and oxygen atoms in total. The average molecular weight is 404 g/mol. The van der Waals surface area contributed by atoms with Crippen LogP contribution in [0.4, 0.5) is 5.00 Å². The van der Waals surface area contributed by atoms with Gasteiger partial charge in [0, 0.05) is 23.5 Å². The van der Waals surface area contributed by atoms with Crippen LogP contribution in [-0.4, -0.2) is 24.5 Å². The number of methoxy groups -OCH3 is 1. The van der Waals surface area contributed by atoms with Gasteiger partial charge in [0.15, 0.2) is 0 Å². The van der Waals surface area contributed by atoms with Crippen LogP contribution in [0.25, 0.3) is 0 Å². The summed E-state index contributed by atoms with van der Waals surface area (Å²) in [4.78, 5) is 15.7. The Kier molecular flexibility index (Phi) is 5.50. The van der Waals surface area contributed by atoms with Crippen LogP contribution in [0.5, 0.6) is 5.75 Å². The zero-order chi connectivity index (χ0) is 20.2. The van der Waals surface area contributed by atoms with Crippen LogP contribution in [0.2, 0.25) is 0 Å². The van der Waals surface area contributed by atoms with Gasteiger partial charge < -0.3 is 15.0 Å². The lowest BCUT2D eigenvalue weighted by Crippen LogP contribution is -2.35. The Labute approximate surface area is 174 Å². The summed E-state index contributed by atoms with van der Waals surface area (Å²) in [6.07, 6.45) is 0.703. The van der Waals surface area contributed by atoms with Crippen molar-refractivity contribution in [1.29, 1.82) is 5.26 Å². The molecule has 0 saturated heterocycles. The van der Waals surface area contributed by atoms with Crippen LogP contribution in [0.1, 0.15) is 31.9 Å². The van der Waals surface area contributed by atoms with E-state index in [1.54, 1.807) is 18.4 Å². The maximum Gasteiger partial charge on any atom is 0.254 e. The van der Waals surface area contributed by atoms with Gasteiger partial charge in [-0.25, -0.2) is 0 Å². The fraction of sp³-hybridized carbons (Fsp3) is 0.217. The van der Waals surface area contributed by atoms with Gasteiger partial charge >= 0.3 is 0 Å². The van der Waals surface area contributed by atoms with Crippen molar-refractivity contribution in [3.63, 3.8) is 0 Å². The van der Waals surface area contributed by atoms with Crippen LogP contribution in [0, 0.1) is 11.3 Å². The Bertz CT molecular complexity index is 1070. The van der Waals surface area contributed by atoms with Crippen molar-refractivity contribution < 1.29 is 9.53 Å². The first-order valence-electron chi connectivity index (χ1n) is 9.45. The van der Waals surface area contributed by atoms with E-state index in [1.165, 1.54) is 0 Å². The molecular formula is C23H21N3O2S. The number of nitriles is 1. The molecule has 0 unspecified atom stereocenters. The normalized spacial score (nSPS) is 12.8. The number of anilines is 1. The third kappa shape index (κ3) is 3.96. The molecule has 2 heterocycles. The maximum absolute atomic E-state index is 12.8. The molecule has 2 aromatic carbocycles. The molecule has 1 aromatic heterocycles. The number of benzene rings is 2. The standard InChI is InChI=1S/C23H21N3O2S/c1-28-18-9-5-6-16(12-18)14-25-22-20(13-24)19-10-11-26(15-21(19)29-22)23(27)17-7-3-2-4-8-17/h2-9,12,25H,10-11,14-15H2,1H3. The zero-order valence-electron chi connectivity index (χ0n) is 16.1. The highest BCUT2D eigenvalue weighted by molar-refractivity contribution is 7.16. The molecule has 0 saturated carbocycles. The number of carbonyl (C=O) groups excluding carboxylic acids is 1. The number of hydrogen-bond acceptors (Lipinski definition) is 5. The van der Waals surface area contributed by atoms with Crippen molar-refractivity contribution in [3.05, 3.63) is 81.7 Å². The molecule has 0 spiro atoms. The molecule has 0 aliphatic carbocycles. The Morgan fingerprint density at radius 1 is 1.24 bits per heavy atom. The fourth-order valence-corrected chi connectivity index (χ4v) is 4.76. The summed E-state index contributed by atoms with van der Waals surface area (Å²) in [5.41, 5.74) is 3.56. The summed E-state index contributed by atoms with van der Waals surface area (Å²) in [6.45, 7) is 1.78. The minimum atomic E-state index is 0.0362. The minimum absolute atomic E-state index is 0.0362. The van der Waals surface area contributed by atoms with Gasteiger partial charge in [-0.3, -0.25) is 4.79 Å². The Balaban J connectivity index is 1.51. The van der Waals surface area contributed by atoms with Crippen molar-refractivity contribution in [1.82, 2.24) is 4.90 Å². The molecule has 0 atom stereocenters. The van der Waals surface area contributed by atoms with Crippen LogP contribution in [-0.2, 0) is 19.5 Å². The first-order valence-corrected chi connectivity index (χ1v) is 10.3. The summed E-state index contributed by atoms with van der Waals surface area (Å²) in [5.74, 6) is 0.847. The highest BCUT2D eigenvalue weighted by Crippen LogP contribution is 2.37. The van der Waals surface area contributed by atoms with E-state index in [0.29, 0.717) is 37.2 Å². The van der Waals surface area contributed by atoms with Crippen LogP contribution >= 0.6 is 11.3 Å². The number of hydrogen-bond donors (Lipinski definition) is 1. The van der Waals surface area contributed by atoms with Crippen LogP contribution in [0.3, 0.4) is 0 Å². The first-order chi connectivity index (χ1) is 14.2. The molecule has 1 aliphatic heterocycles. The second-order valence-electron chi connectivity index (χ2n) is 6.87. The quantitative estimate of drug-likeness (QED) is 0.684. The van der Waals surface area contributed by atoms with Crippen molar-refractivity contribution >= 4 is 22.2 Å². The lowest BCUT2D eigenvalue weighted by atomic mass is 10.0. The monoisotopic (exact) mass is 403 g/mol. The number of carbonyl (C=O) groups is 1. The smallest absolute Gasteiger partial charge is 0.254 e. The summed E-state index contributed by atoms with van der Waals surface area (Å²) >= 11 is 1.57. The molecule has 6 heteroatoms. The number of thiophene rings is 1. The van der Waals surface area contributed by atoms with E-state index < -0.39 is 0 Å². The largest absolute Gasteiger partial charge is 0.497 e. The molecule has 146 valence electrons. The van der Waals surface area contributed by atoms with Gasteiger partial charge in [0.1, 0.15) is 16.8 Å². The van der Waals surface area contributed by atoms with Gasteiger partial charge in [-0.15, -0.1) is 11.3 Å². The number of nitrogens with one attached hydrogen (secondary N) is 1. The van der Waals surface area contributed by atoms with Gasteiger partial charge in [0.2, 0.25) is 0 Å². The van der Waals surface area contributed by atoms with E-state index in [0.717, 1.165) is 26.8 Å². The summed E-state index contributed by atoms with van der Waals surface area (Å²) in [7, 11) is 1.65. The maximum atomic E-state index is 12.8. The minimum Gasteiger partial charge on any atom is -0.497 e. The molecule has 3 aromatic rings. The average Bonchev–Trinajstić information content (AvgIpc) is 3.14. The zero-order valence-corrected chi connectivity index (χ0v) is 17.0. The van der Waals surface area contributed by atoms with E-state index in [4.69, 9.17) is 4.74 Å². The molecule has 4 rings (SSSR count). The van der Waals surface area contributed by atoms with Gasteiger partial charge in [-0.05, 0) is 41.8 Å². The number of rotatable bonds is 5. The van der Waals surface area contributed by atoms with Gasteiger partial charge in [0.05, 0.1) is 19.2 Å². The Morgan fingerprint density at radius 3 is 2.83 bits per heavy atom. The molecule has 1 aliphatic rings. The summed E-state index contributed by atoms with van der Waals surface area (Å²) in [6, 6.07) is 19.6. The van der Waals surface area contributed by atoms with E-state index >= 15 is 0 Å². The van der Waals surface area contributed by atoms with Crippen molar-refractivity contribution in [3.8, 4) is 11.8 Å². The summed E-state index contributed by atoms with van der Waals surface area (Å²) < 4.78 is 5.27. The third-order valence-electron chi connectivity index (χ3n) is 5.06. The number of amides is 1. The van der Waals surface area contributed by atoms with Crippen LogP contribution in [0.15, 0.2) is 54.6 Å². The van der Waals surface area contributed by atoms with E-state index in [9.17, 15) is 10.1 Å². The molecule has 1 N–H and O–H groups in total. The molecule has 0 bridgehead atoms. The fourth-order valence-electron chi connectivity index (χ4n) is 3.55. The second-order valence-corrected chi connectivity index (χ2v) is 7.97. The van der Waals surface area contributed by atoms with E-state index in [-0.39, 0.29) is 5.91 Å². The van der Waals surface area contributed by atoms with Gasteiger partial charge in [-0.1, -0.05) is 30.3 Å². The Hall–Kier alpha value is -3.30. The number of ether oxygens (including phenoxy) is 1. The molecule has 0 radical (unpaired) electrons. The van der Waals surface area contributed by atoms with Gasteiger partial charge in [0.25, 0.3) is 5.91 Å². The first kappa shape index (κ1) is 19.0. The summed E-state index contributed by atoms with van der Waals surface area (Å²) in [5, 5.41) is 14.0. The topological polar surface area (TPSA) is 65.4 Å². The number of fused-ring (bicyclic) bond motifs is 1. The molecule has 1 amide bonds. The Morgan fingerprint density at radius 2 is 2.07 bits per heavy atom. The number of nitrogens with zero attached hydrogens (tertiary/aromatic N) is 2. The van der Waals surface area contributed by atoms with E-state index in [2.05, 4.69) is 11.4 Å². The highest BCUT2D eigenvalue weighted by Gasteiger charge is 2.27. The molecular weight excluding hydrogens is 382 g/mol. The highest BCUT2D eigenvalue weighted by atomic mass is 32.1. The SMILES string of the molecule is COc1cccc(CNc2sc3c(c2C#N)CCN(C(=O)c2ccccc2)C3)c1. The van der Waals surface area contributed by atoms with Gasteiger partial charge in [-0.2, -0.15) is 5.26 Å². The van der Waals surface area contributed by atoms with Crippen molar-refractivity contribution in [2.45, 2.75) is 19.5 Å².